The first kappa shape index (κ1) is 19.5. The van der Waals surface area contributed by atoms with Gasteiger partial charge in [0.2, 0.25) is 0 Å². The molecule has 8 heteroatoms. The van der Waals surface area contributed by atoms with Crippen molar-refractivity contribution in [1.29, 1.82) is 0 Å². The fourth-order valence-electron chi connectivity index (χ4n) is 2.60. The van der Waals surface area contributed by atoms with Crippen LogP contribution in [-0.4, -0.2) is 32.2 Å². The molecular formula is C20H21N3O4S. The maximum atomic E-state index is 12.5. The SMILES string of the molecule is COc1ccc(Nc2nc(C(=O)Nc3ccc(OC)c(C)c3)cs2)c(OC)c1. The molecule has 0 unspecified atom stereocenters. The van der Waals surface area contributed by atoms with E-state index in [9.17, 15) is 4.79 Å². The summed E-state index contributed by atoms with van der Waals surface area (Å²) in [6, 6.07) is 10.9. The summed E-state index contributed by atoms with van der Waals surface area (Å²) >= 11 is 1.33. The Balaban J connectivity index is 1.71. The number of carbonyl (C=O) groups excluding carboxylic acids is 1. The van der Waals surface area contributed by atoms with Gasteiger partial charge in [-0.15, -0.1) is 11.3 Å². The van der Waals surface area contributed by atoms with Crippen molar-refractivity contribution >= 4 is 33.8 Å². The van der Waals surface area contributed by atoms with Crippen molar-refractivity contribution in [2.45, 2.75) is 6.92 Å². The normalized spacial score (nSPS) is 10.3. The fraction of sp³-hybridized carbons (Fsp3) is 0.200. The lowest BCUT2D eigenvalue weighted by Crippen LogP contribution is -2.12. The van der Waals surface area contributed by atoms with Crippen LogP contribution in [0.1, 0.15) is 16.1 Å². The van der Waals surface area contributed by atoms with E-state index >= 15 is 0 Å². The number of methoxy groups -OCH3 is 3. The number of thiazole rings is 1. The summed E-state index contributed by atoms with van der Waals surface area (Å²) in [7, 11) is 4.79. The maximum Gasteiger partial charge on any atom is 0.275 e. The molecule has 0 saturated heterocycles. The van der Waals surface area contributed by atoms with Crippen LogP contribution in [0.2, 0.25) is 0 Å². The van der Waals surface area contributed by atoms with Crippen LogP contribution in [0.3, 0.4) is 0 Å². The number of hydrogen-bond donors (Lipinski definition) is 2. The molecule has 7 nitrogen and oxygen atoms in total. The van der Waals surface area contributed by atoms with Crippen molar-refractivity contribution in [3.63, 3.8) is 0 Å². The molecule has 146 valence electrons. The summed E-state index contributed by atoms with van der Waals surface area (Å²) in [5, 5.41) is 8.30. The Morgan fingerprint density at radius 1 is 1.00 bits per heavy atom. The second-order valence-corrected chi connectivity index (χ2v) is 6.73. The molecule has 0 radical (unpaired) electrons. The van der Waals surface area contributed by atoms with Crippen molar-refractivity contribution < 1.29 is 19.0 Å². The van der Waals surface area contributed by atoms with Crippen LogP contribution in [0.5, 0.6) is 17.2 Å². The van der Waals surface area contributed by atoms with Crippen LogP contribution < -0.4 is 24.8 Å². The van der Waals surface area contributed by atoms with Gasteiger partial charge in [-0.05, 0) is 42.8 Å². The number of benzene rings is 2. The topological polar surface area (TPSA) is 81.7 Å². The molecule has 2 aromatic carbocycles. The lowest BCUT2D eigenvalue weighted by Gasteiger charge is -2.10. The molecule has 1 amide bonds. The summed E-state index contributed by atoms with van der Waals surface area (Å²) in [5.41, 5.74) is 2.68. The molecule has 2 N–H and O–H groups in total. The molecule has 0 spiro atoms. The van der Waals surface area contributed by atoms with Crippen molar-refractivity contribution in [3.05, 3.63) is 53.0 Å². The quantitative estimate of drug-likeness (QED) is 0.610. The Morgan fingerprint density at radius 2 is 1.79 bits per heavy atom. The van der Waals surface area contributed by atoms with Crippen LogP contribution in [0.15, 0.2) is 41.8 Å². The molecule has 1 aromatic heterocycles. The van der Waals surface area contributed by atoms with Gasteiger partial charge >= 0.3 is 0 Å². The van der Waals surface area contributed by atoms with Gasteiger partial charge in [0, 0.05) is 17.1 Å². The Morgan fingerprint density at radius 3 is 2.46 bits per heavy atom. The second-order valence-electron chi connectivity index (χ2n) is 5.87. The largest absolute Gasteiger partial charge is 0.497 e. The average molecular weight is 399 g/mol. The molecule has 0 aliphatic rings. The first-order chi connectivity index (χ1) is 13.5. The molecule has 28 heavy (non-hydrogen) atoms. The molecular weight excluding hydrogens is 378 g/mol. The van der Waals surface area contributed by atoms with Gasteiger partial charge in [-0.3, -0.25) is 4.79 Å². The highest BCUT2D eigenvalue weighted by molar-refractivity contribution is 7.14. The third-order valence-corrected chi connectivity index (χ3v) is 4.80. The van der Waals surface area contributed by atoms with Crippen molar-refractivity contribution in [2.24, 2.45) is 0 Å². The van der Waals surface area contributed by atoms with Crippen molar-refractivity contribution in [1.82, 2.24) is 4.98 Å². The number of aromatic nitrogens is 1. The lowest BCUT2D eigenvalue weighted by atomic mass is 10.2. The number of nitrogens with one attached hydrogen (secondary N) is 2. The fourth-order valence-corrected chi connectivity index (χ4v) is 3.31. The van der Waals surface area contributed by atoms with E-state index in [-0.39, 0.29) is 5.91 Å². The maximum absolute atomic E-state index is 12.5. The van der Waals surface area contributed by atoms with Crippen LogP contribution in [0.25, 0.3) is 0 Å². The molecule has 0 aliphatic carbocycles. The Bertz CT molecular complexity index is 987. The van der Waals surface area contributed by atoms with Gasteiger partial charge in [-0.1, -0.05) is 0 Å². The summed E-state index contributed by atoms with van der Waals surface area (Å²) < 4.78 is 15.8. The number of aryl methyl sites for hydroxylation is 1. The van der Waals surface area contributed by atoms with E-state index in [0.717, 1.165) is 17.0 Å². The van der Waals surface area contributed by atoms with E-state index in [1.54, 1.807) is 38.8 Å². The number of rotatable bonds is 7. The average Bonchev–Trinajstić information content (AvgIpc) is 3.17. The van der Waals surface area contributed by atoms with Gasteiger partial charge in [0.25, 0.3) is 5.91 Å². The first-order valence-corrected chi connectivity index (χ1v) is 9.32. The summed E-state index contributed by atoms with van der Waals surface area (Å²) in [6.45, 7) is 1.92. The highest BCUT2D eigenvalue weighted by Crippen LogP contribution is 2.32. The highest BCUT2D eigenvalue weighted by Gasteiger charge is 2.13. The summed E-state index contributed by atoms with van der Waals surface area (Å²) in [5.74, 6) is 1.80. The highest BCUT2D eigenvalue weighted by atomic mass is 32.1. The van der Waals surface area contributed by atoms with Crippen LogP contribution >= 0.6 is 11.3 Å². The molecule has 0 saturated carbocycles. The molecule has 0 fully saturated rings. The van der Waals surface area contributed by atoms with E-state index in [4.69, 9.17) is 14.2 Å². The zero-order valence-electron chi connectivity index (χ0n) is 16.0. The molecule has 3 rings (SSSR count). The van der Waals surface area contributed by atoms with Crippen LogP contribution in [-0.2, 0) is 0 Å². The Hall–Kier alpha value is -3.26. The lowest BCUT2D eigenvalue weighted by molar-refractivity contribution is 0.102. The van der Waals surface area contributed by atoms with E-state index in [2.05, 4.69) is 15.6 Å². The first-order valence-electron chi connectivity index (χ1n) is 8.44. The standard InChI is InChI=1S/C20H21N3O4S/c1-12-9-13(5-8-17(12)26-3)21-19(24)16-11-28-20(23-16)22-15-7-6-14(25-2)10-18(15)27-4/h5-11H,1-4H3,(H,21,24)(H,22,23). The van der Waals surface area contributed by atoms with Gasteiger partial charge in [0.15, 0.2) is 5.13 Å². The third kappa shape index (κ3) is 4.34. The van der Waals surface area contributed by atoms with Gasteiger partial charge in [-0.2, -0.15) is 0 Å². The second kappa shape index (κ2) is 8.62. The van der Waals surface area contributed by atoms with E-state index in [0.29, 0.717) is 28.0 Å². The van der Waals surface area contributed by atoms with E-state index in [1.807, 2.05) is 31.2 Å². The predicted molar refractivity (Wildman–Crippen MR) is 111 cm³/mol. The van der Waals surface area contributed by atoms with Crippen molar-refractivity contribution in [2.75, 3.05) is 32.0 Å². The Kier molecular flexibility index (Phi) is 6.00. The Labute approximate surface area is 167 Å². The molecule has 0 aliphatic heterocycles. The number of amides is 1. The molecule has 0 bridgehead atoms. The van der Waals surface area contributed by atoms with Gasteiger partial charge in [0.1, 0.15) is 22.9 Å². The van der Waals surface area contributed by atoms with Crippen LogP contribution in [0.4, 0.5) is 16.5 Å². The third-order valence-electron chi connectivity index (χ3n) is 4.04. The number of carbonyl (C=O) groups is 1. The monoisotopic (exact) mass is 399 g/mol. The van der Waals surface area contributed by atoms with E-state index in [1.165, 1.54) is 11.3 Å². The van der Waals surface area contributed by atoms with Crippen LogP contribution in [0, 0.1) is 6.92 Å². The minimum Gasteiger partial charge on any atom is -0.497 e. The van der Waals surface area contributed by atoms with Crippen molar-refractivity contribution in [3.8, 4) is 17.2 Å². The minimum atomic E-state index is -0.282. The zero-order chi connectivity index (χ0) is 20.1. The smallest absolute Gasteiger partial charge is 0.275 e. The molecule has 1 heterocycles. The number of anilines is 3. The van der Waals surface area contributed by atoms with Gasteiger partial charge in [0.05, 0.1) is 27.0 Å². The van der Waals surface area contributed by atoms with Gasteiger partial charge < -0.3 is 24.8 Å². The van der Waals surface area contributed by atoms with E-state index < -0.39 is 0 Å². The number of ether oxygens (including phenoxy) is 3. The number of nitrogens with zero attached hydrogens (tertiary/aromatic N) is 1. The zero-order valence-corrected chi connectivity index (χ0v) is 16.8. The van der Waals surface area contributed by atoms with Gasteiger partial charge in [-0.25, -0.2) is 4.98 Å². The molecule has 3 aromatic rings. The minimum absolute atomic E-state index is 0.282. The summed E-state index contributed by atoms with van der Waals surface area (Å²) in [4.78, 5) is 16.8. The predicted octanol–water partition coefficient (Wildman–Crippen LogP) is 4.47. The molecule has 0 atom stereocenters. The summed E-state index contributed by atoms with van der Waals surface area (Å²) in [6.07, 6.45) is 0. The number of hydrogen-bond acceptors (Lipinski definition) is 7.